The minimum absolute atomic E-state index is 0.00931. The van der Waals surface area contributed by atoms with Gasteiger partial charge >= 0.3 is 0 Å². The molecule has 1 aliphatic rings. The summed E-state index contributed by atoms with van der Waals surface area (Å²) in [6, 6.07) is 14.6. The van der Waals surface area contributed by atoms with Crippen LogP contribution in [0.25, 0.3) is 0 Å². The molecule has 3 N–H and O–H groups in total. The number of fused-ring (bicyclic) bond motifs is 1. The molecule has 0 aromatic heterocycles. The van der Waals surface area contributed by atoms with E-state index in [1.54, 1.807) is 18.2 Å². The number of nitrogens with two attached hydrogens (primary N) is 1. The molecule has 1 aliphatic heterocycles. The van der Waals surface area contributed by atoms with Crippen LogP contribution >= 0.6 is 0 Å². The first-order valence-electron chi connectivity index (χ1n) is 6.30. The molecule has 1 heterocycles. The van der Waals surface area contributed by atoms with Gasteiger partial charge in [-0.1, -0.05) is 18.2 Å². The molecule has 2 aromatic rings. The Labute approximate surface area is 116 Å². The lowest BCUT2D eigenvalue weighted by Gasteiger charge is -2.32. The molecule has 0 bridgehead atoms. The van der Waals surface area contributed by atoms with Crippen LogP contribution in [0.5, 0.6) is 23.0 Å². The molecule has 20 heavy (non-hydrogen) atoms. The Morgan fingerprint density at radius 2 is 1.90 bits per heavy atom. The second-order valence-electron chi connectivity index (χ2n) is 4.56. The molecule has 5 nitrogen and oxygen atoms in total. The highest BCUT2D eigenvalue weighted by molar-refractivity contribution is 5.48. The normalized spacial score (nSPS) is 20.5. The molecule has 3 rings (SSSR count). The summed E-state index contributed by atoms with van der Waals surface area (Å²) in [4.78, 5) is 0. The summed E-state index contributed by atoms with van der Waals surface area (Å²) in [6.45, 7) is -0.0361. The Morgan fingerprint density at radius 1 is 1.10 bits per heavy atom. The zero-order chi connectivity index (χ0) is 14.0. The van der Waals surface area contributed by atoms with Crippen LogP contribution < -0.4 is 19.9 Å². The number of rotatable bonds is 3. The summed E-state index contributed by atoms with van der Waals surface area (Å²) in [6.07, 6.45) is 0. The lowest BCUT2D eigenvalue weighted by Crippen LogP contribution is -2.50. The molecule has 0 saturated heterocycles. The minimum atomic E-state index is -1.49. The Hall–Kier alpha value is -2.24. The van der Waals surface area contributed by atoms with Gasteiger partial charge in [0, 0.05) is 6.07 Å². The van der Waals surface area contributed by atoms with Crippen molar-refractivity contribution in [3.63, 3.8) is 0 Å². The highest BCUT2D eigenvalue weighted by Gasteiger charge is 2.34. The Bertz CT molecular complexity index is 602. The molecule has 0 aliphatic carbocycles. The fourth-order valence-electron chi connectivity index (χ4n) is 1.90. The summed E-state index contributed by atoms with van der Waals surface area (Å²) in [5, 5.41) is 9.99. The van der Waals surface area contributed by atoms with Crippen LogP contribution in [0, 0.1) is 0 Å². The first kappa shape index (κ1) is 12.8. The maximum atomic E-state index is 9.99. The van der Waals surface area contributed by atoms with E-state index in [0.29, 0.717) is 17.2 Å². The summed E-state index contributed by atoms with van der Waals surface area (Å²) < 4.78 is 16.6. The van der Waals surface area contributed by atoms with Gasteiger partial charge in [0.05, 0.1) is 6.54 Å². The maximum Gasteiger partial charge on any atom is 0.255 e. The van der Waals surface area contributed by atoms with Gasteiger partial charge in [-0.25, -0.2) is 0 Å². The molecule has 2 aromatic carbocycles. The van der Waals surface area contributed by atoms with Gasteiger partial charge in [0.2, 0.25) is 0 Å². The van der Waals surface area contributed by atoms with Crippen LogP contribution in [0.1, 0.15) is 0 Å². The molecule has 0 spiro atoms. The van der Waals surface area contributed by atoms with Crippen LogP contribution in [0.15, 0.2) is 48.5 Å². The average molecular weight is 273 g/mol. The van der Waals surface area contributed by atoms with E-state index in [-0.39, 0.29) is 13.2 Å². The van der Waals surface area contributed by atoms with Crippen LogP contribution in [0.4, 0.5) is 0 Å². The zero-order valence-corrected chi connectivity index (χ0v) is 10.8. The molecule has 1 unspecified atom stereocenters. The Kier molecular flexibility index (Phi) is 3.22. The summed E-state index contributed by atoms with van der Waals surface area (Å²) in [5.74, 6) is 0.803. The average Bonchev–Trinajstić information content (AvgIpc) is 2.48. The Morgan fingerprint density at radius 3 is 2.65 bits per heavy atom. The van der Waals surface area contributed by atoms with Crippen molar-refractivity contribution in [3.8, 4) is 23.0 Å². The van der Waals surface area contributed by atoms with Gasteiger partial charge in [-0.05, 0) is 24.3 Å². The Balaban J connectivity index is 1.84. The number of ether oxygens (including phenoxy) is 3. The van der Waals surface area contributed by atoms with E-state index < -0.39 is 5.79 Å². The maximum absolute atomic E-state index is 9.99. The van der Waals surface area contributed by atoms with Gasteiger partial charge in [0.1, 0.15) is 11.5 Å². The second-order valence-corrected chi connectivity index (χ2v) is 4.56. The molecule has 104 valence electrons. The van der Waals surface area contributed by atoms with Crippen molar-refractivity contribution >= 4 is 0 Å². The smallest absolute Gasteiger partial charge is 0.255 e. The molecule has 0 saturated carbocycles. The molecular formula is C15H15NO4. The monoisotopic (exact) mass is 273 g/mol. The van der Waals surface area contributed by atoms with E-state index in [0.717, 1.165) is 5.75 Å². The van der Waals surface area contributed by atoms with Crippen molar-refractivity contribution in [1.29, 1.82) is 0 Å². The minimum Gasteiger partial charge on any atom is -0.483 e. The van der Waals surface area contributed by atoms with E-state index in [2.05, 4.69) is 0 Å². The highest BCUT2D eigenvalue weighted by atomic mass is 16.7. The van der Waals surface area contributed by atoms with Crippen molar-refractivity contribution in [1.82, 2.24) is 0 Å². The van der Waals surface area contributed by atoms with E-state index in [4.69, 9.17) is 19.9 Å². The summed E-state index contributed by atoms with van der Waals surface area (Å²) >= 11 is 0. The molecule has 0 fully saturated rings. The van der Waals surface area contributed by atoms with Crippen molar-refractivity contribution in [2.24, 2.45) is 5.73 Å². The van der Waals surface area contributed by atoms with Crippen LogP contribution in [-0.2, 0) is 0 Å². The topological polar surface area (TPSA) is 73.9 Å². The number of para-hydroxylation sites is 1. The fourth-order valence-corrected chi connectivity index (χ4v) is 1.90. The zero-order valence-electron chi connectivity index (χ0n) is 10.8. The predicted molar refractivity (Wildman–Crippen MR) is 73.1 cm³/mol. The van der Waals surface area contributed by atoms with Crippen molar-refractivity contribution in [2.45, 2.75) is 5.79 Å². The largest absolute Gasteiger partial charge is 0.483 e. The highest BCUT2D eigenvalue weighted by Crippen LogP contribution is 2.38. The molecule has 0 radical (unpaired) electrons. The lowest BCUT2D eigenvalue weighted by molar-refractivity contribution is -0.166. The first-order chi connectivity index (χ1) is 9.68. The quantitative estimate of drug-likeness (QED) is 0.893. The summed E-state index contributed by atoms with van der Waals surface area (Å²) in [7, 11) is 0. The van der Waals surface area contributed by atoms with E-state index in [1.165, 1.54) is 0 Å². The van der Waals surface area contributed by atoms with Crippen LogP contribution in [0.3, 0.4) is 0 Å². The van der Waals surface area contributed by atoms with Crippen molar-refractivity contribution in [2.75, 3.05) is 13.2 Å². The van der Waals surface area contributed by atoms with Gasteiger partial charge in [0.15, 0.2) is 18.1 Å². The third kappa shape index (κ3) is 2.54. The molecule has 1 atom stereocenters. The molecule has 0 amide bonds. The van der Waals surface area contributed by atoms with Crippen molar-refractivity contribution in [3.05, 3.63) is 48.5 Å². The lowest BCUT2D eigenvalue weighted by atomic mass is 10.2. The first-order valence-corrected chi connectivity index (χ1v) is 6.30. The van der Waals surface area contributed by atoms with Gasteiger partial charge in [0.25, 0.3) is 5.79 Å². The SMILES string of the molecule is NCC1(O)COc2ccc(Oc3ccccc3)cc2O1. The molecular weight excluding hydrogens is 258 g/mol. The number of aliphatic hydroxyl groups is 1. The standard InChI is InChI=1S/C15H15NO4/c16-9-15(17)10-18-13-7-6-12(8-14(13)20-15)19-11-4-2-1-3-5-11/h1-8,17H,9-10,16H2. The van der Waals surface area contributed by atoms with E-state index >= 15 is 0 Å². The van der Waals surface area contributed by atoms with Crippen LogP contribution in [0.2, 0.25) is 0 Å². The third-order valence-electron chi connectivity index (χ3n) is 2.97. The van der Waals surface area contributed by atoms with Gasteiger partial charge in [-0.15, -0.1) is 0 Å². The third-order valence-corrected chi connectivity index (χ3v) is 2.97. The van der Waals surface area contributed by atoms with E-state index in [9.17, 15) is 5.11 Å². The van der Waals surface area contributed by atoms with Gasteiger partial charge < -0.3 is 25.1 Å². The predicted octanol–water partition coefficient (Wildman–Crippen LogP) is 1.90. The summed E-state index contributed by atoms with van der Waals surface area (Å²) in [5.41, 5.74) is 5.47. The second kappa shape index (κ2) is 5.03. The number of hydrogen-bond acceptors (Lipinski definition) is 5. The van der Waals surface area contributed by atoms with E-state index in [1.807, 2.05) is 30.3 Å². The molecule has 5 heteroatoms. The number of benzene rings is 2. The number of hydrogen-bond donors (Lipinski definition) is 2. The van der Waals surface area contributed by atoms with Crippen LogP contribution in [-0.4, -0.2) is 24.0 Å². The van der Waals surface area contributed by atoms with Crippen molar-refractivity contribution < 1.29 is 19.3 Å². The van der Waals surface area contributed by atoms with Gasteiger partial charge in [-0.2, -0.15) is 0 Å². The fraction of sp³-hybridized carbons (Fsp3) is 0.200. The van der Waals surface area contributed by atoms with Gasteiger partial charge in [-0.3, -0.25) is 0 Å².